The highest BCUT2D eigenvalue weighted by molar-refractivity contribution is 6.47. The number of aromatic nitrogens is 1. The fraction of sp³-hybridized carbons (Fsp3) is 0.700. The average Bonchev–Trinajstić information content (AvgIpc) is 2.83. The Morgan fingerprint density at radius 2 is 1.77 bits per heavy atom. The highest BCUT2D eigenvalue weighted by Crippen LogP contribution is 2.42. The second kappa shape index (κ2) is 6.64. The minimum absolute atomic E-state index is 0.165. The van der Waals surface area contributed by atoms with Gasteiger partial charge in [0.05, 0.1) is 16.6 Å². The molecule has 0 radical (unpaired) electrons. The molecule has 0 aromatic carbocycles. The number of amides is 1. The van der Waals surface area contributed by atoms with Crippen molar-refractivity contribution in [2.24, 2.45) is 0 Å². The lowest BCUT2D eigenvalue weighted by Gasteiger charge is -2.37. The van der Waals surface area contributed by atoms with Crippen LogP contribution in [0.2, 0.25) is 5.82 Å². The molecule has 2 aliphatic heterocycles. The van der Waals surface area contributed by atoms with Crippen molar-refractivity contribution in [2.45, 2.75) is 76.8 Å². The Balaban J connectivity index is 1.61. The van der Waals surface area contributed by atoms with Crippen LogP contribution in [0.4, 0.5) is 0 Å². The van der Waals surface area contributed by atoms with Crippen molar-refractivity contribution in [1.29, 1.82) is 0 Å². The molecule has 0 bridgehead atoms. The van der Waals surface area contributed by atoms with Crippen LogP contribution in [0.5, 0.6) is 0 Å². The smallest absolute Gasteiger partial charge is 0.403 e. The van der Waals surface area contributed by atoms with E-state index in [1.807, 2.05) is 30.9 Å². The van der Waals surface area contributed by atoms with Gasteiger partial charge >= 0.3 is 7.12 Å². The van der Waals surface area contributed by atoms with E-state index in [-0.39, 0.29) is 24.2 Å². The van der Waals surface area contributed by atoms with Gasteiger partial charge < -0.3 is 14.2 Å². The third-order valence-corrected chi connectivity index (χ3v) is 6.40. The number of rotatable bonds is 3. The first kappa shape index (κ1) is 19.4. The lowest BCUT2D eigenvalue weighted by molar-refractivity contribution is -0.137. The molecular formula is C20H31BN2O3. The van der Waals surface area contributed by atoms with Crippen molar-refractivity contribution in [3.8, 4) is 0 Å². The van der Waals surface area contributed by atoms with Crippen molar-refractivity contribution in [1.82, 2.24) is 9.88 Å². The Morgan fingerprint density at radius 1 is 1.19 bits per heavy atom. The fourth-order valence-corrected chi connectivity index (χ4v) is 3.71. The molecule has 1 aromatic rings. The molecule has 0 aliphatic carbocycles. The van der Waals surface area contributed by atoms with E-state index in [4.69, 9.17) is 9.31 Å². The molecule has 0 atom stereocenters. The molecule has 1 amide bonds. The van der Waals surface area contributed by atoms with E-state index in [0.29, 0.717) is 5.82 Å². The summed E-state index contributed by atoms with van der Waals surface area (Å²) >= 11 is 0. The zero-order chi connectivity index (χ0) is 19.2. The Kier molecular flexibility index (Phi) is 4.95. The van der Waals surface area contributed by atoms with Gasteiger partial charge in [-0.2, -0.15) is 0 Å². The van der Waals surface area contributed by atoms with E-state index >= 15 is 0 Å². The quantitative estimate of drug-likeness (QED) is 0.777. The lowest BCUT2D eigenvalue weighted by Crippen LogP contribution is -2.48. The van der Waals surface area contributed by atoms with E-state index < -0.39 is 5.41 Å². The number of piperidine rings is 1. The summed E-state index contributed by atoms with van der Waals surface area (Å²) in [4.78, 5) is 19.2. The molecule has 0 saturated carbocycles. The van der Waals surface area contributed by atoms with Crippen LogP contribution >= 0.6 is 0 Å². The molecule has 0 unspecified atom stereocenters. The third-order valence-electron chi connectivity index (χ3n) is 6.40. The largest absolute Gasteiger partial charge is 0.461 e. The van der Waals surface area contributed by atoms with Crippen LogP contribution in [0.15, 0.2) is 24.5 Å². The summed E-state index contributed by atoms with van der Waals surface area (Å²) in [6.07, 6.45) is 5.34. The van der Waals surface area contributed by atoms with E-state index in [1.54, 1.807) is 12.4 Å². The number of pyridine rings is 1. The molecule has 1 aromatic heterocycles. The zero-order valence-corrected chi connectivity index (χ0v) is 16.9. The summed E-state index contributed by atoms with van der Waals surface area (Å²) in [5.41, 5.74) is -0.205. The summed E-state index contributed by atoms with van der Waals surface area (Å²) in [6.45, 7) is 13.8. The maximum Gasteiger partial charge on any atom is 0.461 e. The van der Waals surface area contributed by atoms with Crippen LogP contribution in [0, 0.1) is 0 Å². The summed E-state index contributed by atoms with van der Waals surface area (Å²) in [5, 5.41) is 0. The van der Waals surface area contributed by atoms with Gasteiger partial charge in [0.25, 0.3) is 0 Å². The predicted octanol–water partition coefficient (Wildman–Crippen LogP) is 3.44. The minimum Gasteiger partial charge on any atom is -0.403 e. The van der Waals surface area contributed by atoms with Gasteiger partial charge in [-0.1, -0.05) is 6.07 Å². The normalized spacial score (nSPS) is 23.3. The monoisotopic (exact) mass is 358 g/mol. The molecule has 3 heterocycles. The van der Waals surface area contributed by atoms with E-state index in [9.17, 15) is 4.79 Å². The number of hydrogen-bond donors (Lipinski definition) is 0. The molecule has 142 valence electrons. The van der Waals surface area contributed by atoms with Crippen LogP contribution in [-0.2, 0) is 19.5 Å². The molecule has 26 heavy (non-hydrogen) atoms. The summed E-state index contributed by atoms with van der Waals surface area (Å²) < 4.78 is 12.4. The van der Waals surface area contributed by atoms with Gasteiger partial charge in [0.1, 0.15) is 0 Å². The Labute approximate surface area is 157 Å². The number of hydrogen-bond acceptors (Lipinski definition) is 4. The Bertz CT molecular complexity index is 636. The molecule has 2 fully saturated rings. The molecule has 3 rings (SSSR count). The van der Waals surface area contributed by atoms with Gasteiger partial charge in [-0.3, -0.25) is 9.78 Å². The van der Waals surface area contributed by atoms with Crippen molar-refractivity contribution < 1.29 is 14.1 Å². The standard InChI is InChI=1S/C20H31BN2O3/c1-18(2,15-8-7-11-22-14-15)17(24)23-12-9-16(10-13-23)21-25-19(3,4)20(5,6)26-21/h7-8,11,14,16H,9-10,12-13H2,1-6H3. The number of nitrogens with zero attached hydrogens (tertiary/aromatic N) is 2. The SMILES string of the molecule is CC(C)(C(=O)N1CCC(B2OC(C)(C)C(C)(C)O2)CC1)c1cccnc1. The Morgan fingerprint density at radius 3 is 2.27 bits per heavy atom. The second-order valence-electron chi connectivity index (χ2n) is 9.12. The van der Waals surface area contributed by atoms with Crippen LogP contribution in [0.25, 0.3) is 0 Å². The van der Waals surface area contributed by atoms with Gasteiger partial charge in [0.2, 0.25) is 5.91 Å². The first-order valence-electron chi connectivity index (χ1n) is 9.60. The topological polar surface area (TPSA) is 51.7 Å². The van der Waals surface area contributed by atoms with E-state index in [2.05, 4.69) is 32.7 Å². The summed E-state index contributed by atoms with van der Waals surface area (Å²) in [5.74, 6) is 0.500. The second-order valence-corrected chi connectivity index (χ2v) is 9.12. The minimum atomic E-state index is -0.564. The first-order chi connectivity index (χ1) is 12.0. The van der Waals surface area contributed by atoms with Gasteiger partial charge in [0.15, 0.2) is 0 Å². The molecule has 5 nitrogen and oxygen atoms in total. The maximum atomic E-state index is 13.1. The van der Waals surface area contributed by atoms with Crippen molar-refractivity contribution in [3.63, 3.8) is 0 Å². The van der Waals surface area contributed by atoms with Crippen LogP contribution in [0.1, 0.15) is 59.9 Å². The molecule has 0 spiro atoms. The molecule has 6 heteroatoms. The number of carbonyl (C=O) groups excluding carboxylic acids is 1. The first-order valence-corrected chi connectivity index (χ1v) is 9.60. The van der Waals surface area contributed by atoms with Gasteiger partial charge in [-0.25, -0.2) is 0 Å². The van der Waals surface area contributed by atoms with Crippen molar-refractivity contribution >= 4 is 13.0 Å². The molecular weight excluding hydrogens is 327 g/mol. The van der Waals surface area contributed by atoms with E-state index in [0.717, 1.165) is 31.5 Å². The maximum absolute atomic E-state index is 13.1. The summed E-state index contributed by atoms with van der Waals surface area (Å²) in [7, 11) is -0.177. The lowest BCUT2D eigenvalue weighted by atomic mass is 9.66. The van der Waals surface area contributed by atoms with Gasteiger partial charge in [-0.15, -0.1) is 0 Å². The highest BCUT2D eigenvalue weighted by atomic mass is 16.7. The predicted molar refractivity (Wildman–Crippen MR) is 103 cm³/mol. The number of likely N-dealkylation sites (tertiary alicyclic amines) is 1. The molecule has 0 N–H and O–H groups in total. The van der Waals surface area contributed by atoms with Crippen LogP contribution < -0.4 is 0 Å². The van der Waals surface area contributed by atoms with Crippen molar-refractivity contribution in [2.75, 3.05) is 13.1 Å². The van der Waals surface area contributed by atoms with Gasteiger partial charge in [-0.05, 0) is 71.8 Å². The summed E-state index contributed by atoms with van der Waals surface area (Å²) in [6, 6.07) is 3.86. The van der Waals surface area contributed by atoms with Crippen LogP contribution in [-0.4, -0.2) is 47.2 Å². The van der Waals surface area contributed by atoms with Crippen LogP contribution in [0.3, 0.4) is 0 Å². The molecule has 2 aliphatic rings. The highest BCUT2D eigenvalue weighted by Gasteiger charge is 2.54. The Hall–Kier alpha value is -1.40. The zero-order valence-electron chi connectivity index (χ0n) is 16.9. The van der Waals surface area contributed by atoms with Gasteiger partial charge in [0, 0.05) is 25.5 Å². The van der Waals surface area contributed by atoms with Crippen molar-refractivity contribution in [3.05, 3.63) is 30.1 Å². The average molecular weight is 358 g/mol. The molecule has 2 saturated heterocycles. The fourth-order valence-electron chi connectivity index (χ4n) is 3.71. The third kappa shape index (κ3) is 3.41. The number of carbonyl (C=O) groups is 1. The van der Waals surface area contributed by atoms with E-state index in [1.165, 1.54) is 0 Å².